The van der Waals surface area contributed by atoms with Gasteiger partial charge >= 0.3 is 5.97 Å². The molecule has 2 heterocycles. The third kappa shape index (κ3) is 5.41. The van der Waals surface area contributed by atoms with Gasteiger partial charge in [0.25, 0.3) is 5.91 Å². The molecule has 10 nitrogen and oxygen atoms in total. The Kier molecular flexibility index (Phi) is 7.99. The number of nitrogens with two attached hydrogens (primary N) is 2. The standard InChI is InChI=1S/C13H15N3O3S.C13H14O4S/c1-3-8-4-9-7(2)6-20(18,19)11(9)5-10(8)12(17)16-13(14)15;1-4-9-5-10-8(2)7-18(15,16)12(10)6-11(9)13(14)17-3/h4-6H,3H2,1-2H3,(H4,14,15,16,17);5-7H,4H2,1-3H3. The molecular formula is C26H29N3O7S2. The summed E-state index contributed by atoms with van der Waals surface area (Å²) in [5, 5.41) is 2.43. The molecule has 1 amide bonds. The number of hydrogen-bond donors (Lipinski definition) is 2. The molecule has 4 N–H and O–H groups in total. The van der Waals surface area contributed by atoms with Crippen molar-refractivity contribution in [2.24, 2.45) is 16.5 Å². The number of hydrogen-bond acceptors (Lipinski definition) is 7. The molecular weight excluding hydrogens is 530 g/mol. The summed E-state index contributed by atoms with van der Waals surface area (Å²) < 4.78 is 52.5. The zero-order valence-corrected chi connectivity index (χ0v) is 23.3. The Morgan fingerprint density at radius 2 is 1.21 bits per heavy atom. The van der Waals surface area contributed by atoms with E-state index in [9.17, 15) is 26.4 Å². The topological polar surface area (TPSA) is 176 Å². The summed E-state index contributed by atoms with van der Waals surface area (Å²) in [7, 11) is -5.62. The fourth-order valence-corrected chi connectivity index (χ4v) is 7.37. The molecule has 202 valence electrons. The van der Waals surface area contributed by atoms with Crippen LogP contribution in [0.15, 0.2) is 49.9 Å². The highest BCUT2D eigenvalue weighted by atomic mass is 32.2. The van der Waals surface area contributed by atoms with Crippen molar-refractivity contribution in [1.29, 1.82) is 0 Å². The summed E-state index contributed by atoms with van der Waals surface area (Å²) in [5.41, 5.74) is 15.1. The van der Waals surface area contributed by atoms with E-state index in [4.69, 9.17) is 11.5 Å². The number of fused-ring (bicyclic) bond motifs is 2. The zero-order chi connectivity index (χ0) is 28.6. The first-order valence-corrected chi connectivity index (χ1v) is 14.7. The first-order valence-electron chi connectivity index (χ1n) is 11.6. The van der Waals surface area contributed by atoms with Gasteiger partial charge in [0.15, 0.2) is 5.96 Å². The second-order valence-corrected chi connectivity index (χ2v) is 12.3. The first kappa shape index (κ1) is 28.8. The highest BCUT2D eigenvalue weighted by Crippen LogP contribution is 2.36. The minimum absolute atomic E-state index is 0.126. The second kappa shape index (κ2) is 10.5. The lowest BCUT2D eigenvalue weighted by Gasteiger charge is -2.09. The van der Waals surface area contributed by atoms with Crippen LogP contribution in [0.25, 0.3) is 11.1 Å². The molecule has 2 aromatic carbocycles. The van der Waals surface area contributed by atoms with Gasteiger partial charge in [-0.05, 0) is 84.4 Å². The van der Waals surface area contributed by atoms with E-state index in [0.29, 0.717) is 46.2 Å². The van der Waals surface area contributed by atoms with Gasteiger partial charge in [0.05, 0.1) is 22.5 Å². The van der Waals surface area contributed by atoms with Gasteiger partial charge in [-0.2, -0.15) is 4.99 Å². The van der Waals surface area contributed by atoms with Gasteiger partial charge in [-0.3, -0.25) is 4.79 Å². The van der Waals surface area contributed by atoms with Gasteiger partial charge in [-0.25, -0.2) is 21.6 Å². The fourth-order valence-electron chi connectivity index (χ4n) is 4.32. The van der Waals surface area contributed by atoms with Crippen molar-refractivity contribution < 1.29 is 31.2 Å². The Morgan fingerprint density at radius 1 is 0.789 bits per heavy atom. The number of ether oxygens (including phenoxy) is 1. The predicted molar refractivity (Wildman–Crippen MR) is 145 cm³/mol. The molecule has 0 fully saturated rings. The van der Waals surface area contributed by atoms with Crippen LogP contribution in [0, 0.1) is 0 Å². The third-order valence-electron chi connectivity index (χ3n) is 6.17. The summed E-state index contributed by atoms with van der Waals surface area (Å²) in [6.07, 6.45) is 1.21. The van der Waals surface area contributed by atoms with Gasteiger partial charge in [0.1, 0.15) is 0 Å². The molecule has 0 atom stereocenters. The minimum Gasteiger partial charge on any atom is -0.465 e. The molecule has 0 spiro atoms. The van der Waals surface area contributed by atoms with E-state index in [0.717, 1.165) is 5.56 Å². The van der Waals surface area contributed by atoms with Crippen molar-refractivity contribution in [2.45, 2.75) is 50.3 Å². The molecule has 0 aliphatic carbocycles. The van der Waals surface area contributed by atoms with Crippen LogP contribution in [0.1, 0.15) is 70.7 Å². The third-order valence-corrected chi connectivity index (χ3v) is 9.39. The zero-order valence-electron chi connectivity index (χ0n) is 21.7. The van der Waals surface area contributed by atoms with Crippen molar-refractivity contribution in [2.75, 3.05) is 7.11 Å². The predicted octanol–water partition coefficient (Wildman–Crippen LogP) is 2.99. The number of carbonyl (C=O) groups excluding carboxylic acids is 2. The average molecular weight is 560 g/mol. The normalized spacial score (nSPS) is 15.7. The lowest BCUT2D eigenvalue weighted by molar-refractivity contribution is 0.0599. The molecule has 2 aliphatic heterocycles. The highest BCUT2D eigenvalue weighted by molar-refractivity contribution is 7.95. The summed E-state index contributed by atoms with van der Waals surface area (Å²) in [4.78, 5) is 27.4. The number of aliphatic imine (C=N–C) groups is 1. The Bertz CT molecular complexity index is 1660. The lowest BCUT2D eigenvalue weighted by atomic mass is 9.98. The largest absolute Gasteiger partial charge is 0.465 e. The van der Waals surface area contributed by atoms with Crippen LogP contribution in [-0.2, 0) is 37.3 Å². The number of rotatable bonds is 4. The van der Waals surface area contributed by atoms with Crippen molar-refractivity contribution >= 4 is 48.7 Å². The summed E-state index contributed by atoms with van der Waals surface area (Å²) in [6, 6.07) is 6.24. The lowest BCUT2D eigenvalue weighted by Crippen LogP contribution is -2.24. The first-order chi connectivity index (χ1) is 17.7. The number of benzene rings is 2. The number of esters is 1. The molecule has 0 saturated carbocycles. The van der Waals surface area contributed by atoms with E-state index < -0.39 is 31.6 Å². The van der Waals surface area contributed by atoms with Crippen LogP contribution in [0.4, 0.5) is 0 Å². The molecule has 0 saturated heterocycles. The Hall–Kier alpha value is -3.77. The van der Waals surface area contributed by atoms with Crippen LogP contribution in [0.5, 0.6) is 0 Å². The SMILES string of the molecule is CCc1cc2c(cc1C(=O)N=C(N)N)S(=O)(=O)C=C2C.CCc1cc2c(cc1C(=O)OC)S(=O)(=O)C=C2C. The van der Waals surface area contributed by atoms with Gasteiger partial charge in [-0.1, -0.05) is 13.8 Å². The van der Waals surface area contributed by atoms with Crippen LogP contribution >= 0.6 is 0 Å². The van der Waals surface area contributed by atoms with E-state index >= 15 is 0 Å². The molecule has 12 heteroatoms. The van der Waals surface area contributed by atoms with Crippen molar-refractivity contribution in [3.63, 3.8) is 0 Å². The monoisotopic (exact) mass is 559 g/mol. The van der Waals surface area contributed by atoms with E-state index in [2.05, 4.69) is 9.73 Å². The maximum absolute atomic E-state index is 12.0. The maximum Gasteiger partial charge on any atom is 0.338 e. The van der Waals surface area contributed by atoms with Gasteiger partial charge in [-0.15, -0.1) is 0 Å². The van der Waals surface area contributed by atoms with Crippen molar-refractivity contribution in [3.05, 3.63) is 68.5 Å². The number of methoxy groups -OCH3 is 1. The van der Waals surface area contributed by atoms with Gasteiger partial charge in [0, 0.05) is 16.4 Å². The Labute approximate surface area is 221 Å². The van der Waals surface area contributed by atoms with Crippen LogP contribution in [-0.4, -0.2) is 41.8 Å². The number of nitrogens with zero attached hydrogens (tertiary/aromatic N) is 1. The van der Waals surface area contributed by atoms with Crippen LogP contribution in [0.3, 0.4) is 0 Å². The number of aryl methyl sites for hydroxylation is 2. The van der Waals surface area contributed by atoms with E-state index in [1.807, 2.05) is 13.8 Å². The molecule has 2 aliphatic rings. The number of allylic oxidation sites excluding steroid dienone is 2. The van der Waals surface area contributed by atoms with Crippen molar-refractivity contribution in [1.82, 2.24) is 0 Å². The van der Waals surface area contributed by atoms with Crippen LogP contribution in [0.2, 0.25) is 0 Å². The summed E-state index contributed by atoms with van der Waals surface area (Å²) >= 11 is 0. The van der Waals surface area contributed by atoms with Gasteiger partial charge < -0.3 is 16.2 Å². The van der Waals surface area contributed by atoms with E-state index in [-0.39, 0.29) is 21.3 Å². The number of amides is 1. The minimum atomic E-state index is -3.49. The summed E-state index contributed by atoms with van der Waals surface area (Å²) in [6.45, 7) is 7.26. The fraction of sp³-hybridized carbons (Fsp3) is 0.269. The Morgan fingerprint density at radius 3 is 1.61 bits per heavy atom. The summed E-state index contributed by atoms with van der Waals surface area (Å²) in [5.74, 6) is -1.49. The quantitative estimate of drug-likeness (QED) is 0.324. The molecule has 0 unspecified atom stereocenters. The van der Waals surface area contributed by atoms with E-state index in [1.54, 1.807) is 26.0 Å². The number of guanidine groups is 1. The van der Waals surface area contributed by atoms with Crippen molar-refractivity contribution in [3.8, 4) is 0 Å². The molecule has 0 radical (unpaired) electrons. The smallest absolute Gasteiger partial charge is 0.338 e. The average Bonchev–Trinajstić information content (AvgIpc) is 3.22. The molecule has 0 aromatic heterocycles. The van der Waals surface area contributed by atoms with E-state index in [1.165, 1.54) is 30.1 Å². The number of carbonyl (C=O) groups is 2. The van der Waals surface area contributed by atoms with Crippen LogP contribution < -0.4 is 11.5 Å². The number of sulfone groups is 2. The maximum atomic E-state index is 12.0. The van der Waals surface area contributed by atoms with Gasteiger partial charge in [0.2, 0.25) is 19.7 Å². The molecule has 0 bridgehead atoms. The Balaban J connectivity index is 0.000000212. The molecule has 4 rings (SSSR count). The molecule has 38 heavy (non-hydrogen) atoms. The molecule has 2 aromatic rings. The highest BCUT2D eigenvalue weighted by Gasteiger charge is 2.29. The second-order valence-electron chi connectivity index (χ2n) is 8.74.